The Hall–Kier alpha value is -0.0500. The summed E-state index contributed by atoms with van der Waals surface area (Å²) in [5, 5.41) is 0.0231. The second-order valence-electron chi connectivity index (χ2n) is 3.71. The molecule has 12 heavy (non-hydrogen) atoms. The first kappa shape index (κ1) is 7.36. The van der Waals surface area contributed by atoms with E-state index in [0.29, 0.717) is 25.0 Å². The van der Waals surface area contributed by atoms with Crippen molar-refractivity contribution in [3.8, 4) is 0 Å². The lowest BCUT2D eigenvalue weighted by molar-refractivity contribution is -0.170. The maximum absolute atomic E-state index is 6.27. The van der Waals surface area contributed by atoms with Crippen molar-refractivity contribution in [1.82, 2.24) is 0 Å². The van der Waals surface area contributed by atoms with Crippen LogP contribution in [-0.2, 0) is 9.47 Å². The molecule has 3 heteroatoms. The third-order valence-corrected chi connectivity index (χ3v) is 3.76. The molecular formula is C9H11ClO2. The minimum Gasteiger partial charge on any atom is -0.345 e. The highest BCUT2D eigenvalue weighted by molar-refractivity contribution is 6.22. The van der Waals surface area contributed by atoms with E-state index >= 15 is 0 Å². The van der Waals surface area contributed by atoms with Gasteiger partial charge in [-0.05, 0) is 12.3 Å². The molecule has 3 atom stereocenters. The van der Waals surface area contributed by atoms with Gasteiger partial charge >= 0.3 is 0 Å². The van der Waals surface area contributed by atoms with Gasteiger partial charge in [0, 0.05) is 5.92 Å². The van der Waals surface area contributed by atoms with Gasteiger partial charge in [-0.2, -0.15) is 0 Å². The monoisotopic (exact) mass is 186 g/mol. The first-order valence-electron chi connectivity index (χ1n) is 4.43. The van der Waals surface area contributed by atoms with Gasteiger partial charge in [-0.15, -0.1) is 11.6 Å². The van der Waals surface area contributed by atoms with Gasteiger partial charge in [0.15, 0.2) is 5.79 Å². The highest BCUT2D eigenvalue weighted by atomic mass is 35.5. The molecule has 2 fully saturated rings. The lowest BCUT2D eigenvalue weighted by Crippen LogP contribution is -2.43. The molecule has 0 aromatic carbocycles. The van der Waals surface area contributed by atoms with E-state index in [4.69, 9.17) is 21.1 Å². The SMILES string of the molecule is ClC1[C@H]2C=C[C@@H](C2)C12OCCO2. The highest BCUT2D eigenvalue weighted by Gasteiger charge is 2.59. The number of alkyl halides is 1. The summed E-state index contributed by atoms with van der Waals surface area (Å²) in [6, 6.07) is 0. The van der Waals surface area contributed by atoms with Gasteiger partial charge in [0.1, 0.15) is 0 Å². The lowest BCUT2D eigenvalue weighted by atomic mass is 10.00. The predicted molar refractivity (Wildman–Crippen MR) is 45.0 cm³/mol. The van der Waals surface area contributed by atoms with E-state index in [1.807, 2.05) is 0 Å². The average molecular weight is 187 g/mol. The van der Waals surface area contributed by atoms with Crippen molar-refractivity contribution in [3.63, 3.8) is 0 Å². The van der Waals surface area contributed by atoms with E-state index in [0.717, 1.165) is 6.42 Å². The molecule has 1 saturated carbocycles. The summed E-state index contributed by atoms with van der Waals surface area (Å²) in [4.78, 5) is 0. The number of hydrogen-bond acceptors (Lipinski definition) is 2. The van der Waals surface area contributed by atoms with Crippen LogP contribution in [0.25, 0.3) is 0 Å². The van der Waals surface area contributed by atoms with Crippen LogP contribution in [0.5, 0.6) is 0 Å². The third kappa shape index (κ3) is 0.691. The zero-order valence-corrected chi connectivity index (χ0v) is 7.46. The van der Waals surface area contributed by atoms with Crippen LogP contribution in [0, 0.1) is 11.8 Å². The Morgan fingerprint density at radius 2 is 2.00 bits per heavy atom. The van der Waals surface area contributed by atoms with Crippen molar-refractivity contribution in [2.75, 3.05) is 13.2 Å². The van der Waals surface area contributed by atoms with E-state index < -0.39 is 5.79 Å². The fourth-order valence-corrected chi connectivity index (χ4v) is 3.04. The van der Waals surface area contributed by atoms with Crippen LogP contribution >= 0.6 is 11.6 Å². The molecule has 0 aromatic heterocycles. The van der Waals surface area contributed by atoms with Gasteiger partial charge in [-0.25, -0.2) is 0 Å². The Bertz CT molecular complexity index is 233. The summed E-state index contributed by atoms with van der Waals surface area (Å²) >= 11 is 6.27. The summed E-state index contributed by atoms with van der Waals surface area (Å²) in [5.41, 5.74) is 0. The predicted octanol–water partition coefficient (Wildman–Crippen LogP) is 1.54. The van der Waals surface area contributed by atoms with Crippen molar-refractivity contribution in [1.29, 1.82) is 0 Å². The maximum atomic E-state index is 6.27. The average Bonchev–Trinajstić information content (AvgIpc) is 2.75. The standard InChI is InChI=1S/C9H11ClO2/c10-8-6-1-2-7(5-6)9(8)11-3-4-12-9/h1-2,6-8H,3-5H2/t6-,7-,8?/m0/s1. The number of rotatable bonds is 0. The minimum atomic E-state index is -0.457. The van der Waals surface area contributed by atoms with Crippen LogP contribution in [0.2, 0.25) is 0 Å². The zero-order valence-electron chi connectivity index (χ0n) is 6.70. The van der Waals surface area contributed by atoms with E-state index in [2.05, 4.69) is 12.2 Å². The molecule has 1 aliphatic heterocycles. The fraction of sp³-hybridized carbons (Fsp3) is 0.778. The number of halogens is 1. The number of hydrogen-bond donors (Lipinski definition) is 0. The summed E-state index contributed by atoms with van der Waals surface area (Å²) in [6.45, 7) is 1.39. The fourth-order valence-electron chi connectivity index (χ4n) is 2.56. The summed E-state index contributed by atoms with van der Waals surface area (Å²) in [6.07, 6.45) is 5.49. The lowest BCUT2D eigenvalue weighted by Gasteiger charge is -2.32. The van der Waals surface area contributed by atoms with Gasteiger partial charge in [-0.1, -0.05) is 12.2 Å². The van der Waals surface area contributed by atoms with E-state index in [1.54, 1.807) is 0 Å². The Morgan fingerprint density at radius 3 is 2.58 bits per heavy atom. The molecule has 3 rings (SSSR count). The van der Waals surface area contributed by atoms with Gasteiger partial charge in [0.05, 0.1) is 18.6 Å². The second-order valence-corrected chi connectivity index (χ2v) is 4.18. The molecule has 1 spiro atoms. The molecular weight excluding hydrogens is 176 g/mol. The molecule has 1 unspecified atom stereocenters. The van der Waals surface area contributed by atoms with Gasteiger partial charge in [0.25, 0.3) is 0 Å². The summed E-state index contributed by atoms with van der Waals surface area (Å²) in [7, 11) is 0. The van der Waals surface area contributed by atoms with Gasteiger partial charge < -0.3 is 9.47 Å². The van der Waals surface area contributed by atoms with Crippen molar-refractivity contribution in [2.24, 2.45) is 11.8 Å². The molecule has 0 radical (unpaired) electrons. The van der Waals surface area contributed by atoms with Crippen LogP contribution in [-0.4, -0.2) is 24.4 Å². The smallest absolute Gasteiger partial charge is 0.191 e. The van der Waals surface area contributed by atoms with Gasteiger partial charge in [0.2, 0.25) is 0 Å². The first-order valence-corrected chi connectivity index (χ1v) is 4.87. The van der Waals surface area contributed by atoms with Crippen molar-refractivity contribution < 1.29 is 9.47 Å². The largest absolute Gasteiger partial charge is 0.345 e. The quantitative estimate of drug-likeness (QED) is 0.422. The van der Waals surface area contributed by atoms with Gasteiger partial charge in [-0.3, -0.25) is 0 Å². The highest BCUT2D eigenvalue weighted by Crippen LogP contribution is 2.53. The number of fused-ring (bicyclic) bond motifs is 3. The maximum Gasteiger partial charge on any atom is 0.191 e. The Morgan fingerprint density at radius 1 is 1.25 bits per heavy atom. The molecule has 3 aliphatic rings. The molecule has 2 bridgehead atoms. The van der Waals surface area contributed by atoms with Crippen LogP contribution in [0.4, 0.5) is 0 Å². The molecule has 66 valence electrons. The second kappa shape index (κ2) is 2.25. The summed E-state index contributed by atoms with van der Waals surface area (Å²) < 4.78 is 11.3. The van der Waals surface area contributed by atoms with Crippen LogP contribution in [0.1, 0.15) is 6.42 Å². The zero-order chi connectivity index (χ0) is 8.18. The number of ether oxygens (including phenoxy) is 2. The first-order chi connectivity index (χ1) is 5.83. The normalized spacial score (nSPS) is 47.9. The number of allylic oxidation sites excluding steroid dienone is 1. The minimum absolute atomic E-state index is 0.0231. The molecule has 2 nitrogen and oxygen atoms in total. The molecule has 0 N–H and O–H groups in total. The topological polar surface area (TPSA) is 18.5 Å². The van der Waals surface area contributed by atoms with Crippen molar-refractivity contribution in [3.05, 3.63) is 12.2 Å². The molecule has 0 aromatic rings. The Labute approximate surface area is 76.5 Å². The van der Waals surface area contributed by atoms with Crippen molar-refractivity contribution >= 4 is 11.6 Å². The van der Waals surface area contributed by atoms with Crippen molar-refractivity contribution in [2.45, 2.75) is 17.6 Å². The molecule has 2 aliphatic carbocycles. The molecule has 0 amide bonds. The Balaban J connectivity index is 2.00. The molecule has 1 saturated heterocycles. The summed E-state index contributed by atoms with van der Waals surface area (Å²) in [5.74, 6) is 0.406. The van der Waals surface area contributed by atoms with Crippen LogP contribution < -0.4 is 0 Å². The van der Waals surface area contributed by atoms with Crippen LogP contribution in [0.15, 0.2) is 12.2 Å². The third-order valence-electron chi connectivity index (χ3n) is 3.13. The van der Waals surface area contributed by atoms with Crippen LogP contribution in [0.3, 0.4) is 0 Å². The molecule has 1 heterocycles. The van der Waals surface area contributed by atoms with E-state index in [-0.39, 0.29) is 5.38 Å². The Kier molecular flexibility index (Phi) is 1.38. The van der Waals surface area contributed by atoms with E-state index in [9.17, 15) is 0 Å². The van der Waals surface area contributed by atoms with E-state index in [1.165, 1.54) is 0 Å².